The quantitative estimate of drug-likeness (QED) is 0.152. The number of rotatable bonds is 8. The number of nitrogens with zero attached hydrogens (tertiary/aromatic N) is 2. The summed E-state index contributed by atoms with van der Waals surface area (Å²) in [7, 11) is 0. The van der Waals surface area contributed by atoms with Crippen molar-refractivity contribution >= 4 is 82.7 Å². The SMILES string of the molecule is CC1(C)c2ccc(-c3ccccc3N(c3ccc(-c4cccc5oc6ccccc6c45)cc3)c3ccc(-c4cccc5oc6ccccc6c45)cc3)cc2-c2ccc(-c3cccc4c3c3ccccc3n4-c3ccccc3)cc21. The Kier molecular flexibility index (Phi) is 9.95. The summed E-state index contributed by atoms with van der Waals surface area (Å²) in [4.78, 5) is 2.41. The van der Waals surface area contributed by atoms with E-state index in [0.717, 1.165) is 100 Å². The third kappa shape index (κ3) is 6.94. The van der Waals surface area contributed by atoms with Crippen LogP contribution in [0.3, 0.4) is 0 Å². The number of fused-ring (bicyclic) bond motifs is 12. The van der Waals surface area contributed by atoms with Crippen molar-refractivity contribution in [3.05, 3.63) is 278 Å². The average Bonchev–Trinajstić information content (AvgIpc) is 4.35. The van der Waals surface area contributed by atoms with E-state index < -0.39 is 0 Å². The molecule has 1 aliphatic carbocycles. The second-order valence-corrected chi connectivity index (χ2v) is 21.5. The van der Waals surface area contributed by atoms with Crippen molar-refractivity contribution in [1.82, 2.24) is 4.57 Å². The van der Waals surface area contributed by atoms with Gasteiger partial charge in [0.15, 0.2) is 0 Å². The molecule has 12 aromatic carbocycles. The van der Waals surface area contributed by atoms with Crippen molar-refractivity contribution < 1.29 is 8.83 Å². The molecule has 0 bridgehead atoms. The van der Waals surface area contributed by atoms with Crippen LogP contribution in [0.15, 0.2) is 276 Å². The molecule has 1 aliphatic rings. The zero-order chi connectivity index (χ0) is 52.3. The summed E-state index contributed by atoms with van der Waals surface area (Å²) in [6, 6.07) is 96.9. The Bertz CT molecular complexity index is 4760. The van der Waals surface area contributed by atoms with Crippen LogP contribution < -0.4 is 4.90 Å². The van der Waals surface area contributed by atoms with Crippen LogP contribution in [0.5, 0.6) is 0 Å². The molecule has 0 saturated heterocycles. The molecule has 0 amide bonds. The number of hydrogen-bond donors (Lipinski definition) is 0. The van der Waals surface area contributed by atoms with E-state index in [2.05, 4.69) is 266 Å². The lowest BCUT2D eigenvalue weighted by Crippen LogP contribution is -2.15. The first-order valence-corrected chi connectivity index (χ1v) is 27.2. The van der Waals surface area contributed by atoms with E-state index in [1.54, 1.807) is 0 Å². The van der Waals surface area contributed by atoms with Crippen molar-refractivity contribution in [2.45, 2.75) is 19.3 Å². The number of para-hydroxylation sites is 5. The van der Waals surface area contributed by atoms with Gasteiger partial charge in [-0.3, -0.25) is 0 Å². The van der Waals surface area contributed by atoms with Crippen molar-refractivity contribution in [1.29, 1.82) is 0 Å². The van der Waals surface area contributed by atoms with E-state index in [4.69, 9.17) is 8.83 Å². The second kappa shape index (κ2) is 17.4. The number of furan rings is 2. The standard InChI is InChI=1S/C75H50N2O2/c1-75(2)63-44-38-49(45-62(63)58-43-37-50(46-64(58)75)57-23-14-28-67-72(57)59-20-7-11-27-66(59)77(67)51-17-4-3-5-18-51)54-19-6-10-26-65(54)76(52-39-33-47(34-40-52)55-24-15-31-70-73(55)60-21-8-12-29-68(60)78-70)53-41-35-48(36-42-53)56-25-16-32-71-74(56)61-22-9-13-30-69(61)79-71/h3-46H,1-2H3. The Balaban J connectivity index is 0.819. The fourth-order valence-electron chi connectivity index (χ4n) is 13.2. The highest BCUT2D eigenvalue weighted by molar-refractivity contribution is 6.17. The summed E-state index contributed by atoms with van der Waals surface area (Å²) in [6.45, 7) is 4.77. The van der Waals surface area contributed by atoms with Gasteiger partial charge in [0.05, 0.1) is 16.7 Å². The zero-order valence-electron chi connectivity index (χ0n) is 43.6. The number of aromatic nitrogens is 1. The molecular formula is C75H50N2O2. The Labute approximate surface area is 457 Å². The molecule has 372 valence electrons. The lowest BCUT2D eigenvalue weighted by molar-refractivity contribution is 0.660. The minimum atomic E-state index is -0.222. The summed E-state index contributed by atoms with van der Waals surface area (Å²) in [5.74, 6) is 0. The van der Waals surface area contributed by atoms with E-state index >= 15 is 0 Å². The Morgan fingerprint density at radius 3 is 1.46 bits per heavy atom. The van der Waals surface area contributed by atoms with Crippen molar-refractivity contribution in [3.63, 3.8) is 0 Å². The van der Waals surface area contributed by atoms with Gasteiger partial charge >= 0.3 is 0 Å². The monoisotopic (exact) mass is 1010 g/mol. The Hall–Kier alpha value is -10.2. The maximum atomic E-state index is 6.34. The first kappa shape index (κ1) is 45.1. The molecule has 0 aliphatic heterocycles. The summed E-state index contributed by atoms with van der Waals surface area (Å²) in [6.07, 6.45) is 0. The molecule has 0 atom stereocenters. The van der Waals surface area contributed by atoms with E-state index in [1.807, 2.05) is 24.3 Å². The third-order valence-electron chi connectivity index (χ3n) is 16.8. The van der Waals surface area contributed by atoms with Crippen LogP contribution >= 0.6 is 0 Å². The molecule has 0 N–H and O–H groups in total. The highest BCUT2D eigenvalue weighted by atomic mass is 16.3. The first-order chi connectivity index (χ1) is 38.9. The van der Waals surface area contributed by atoms with Crippen molar-refractivity contribution in [2.24, 2.45) is 0 Å². The Morgan fingerprint density at radius 2 is 0.797 bits per heavy atom. The number of benzene rings is 12. The van der Waals surface area contributed by atoms with E-state index in [-0.39, 0.29) is 5.41 Å². The molecule has 15 aromatic rings. The summed E-state index contributed by atoms with van der Waals surface area (Å²) >= 11 is 0. The highest BCUT2D eigenvalue weighted by Crippen LogP contribution is 2.53. The maximum absolute atomic E-state index is 6.34. The molecule has 0 unspecified atom stereocenters. The molecule has 0 radical (unpaired) electrons. The van der Waals surface area contributed by atoms with Gasteiger partial charge in [0.25, 0.3) is 0 Å². The van der Waals surface area contributed by atoms with Gasteiger partial charge in [-0.15, -0.1) is 0 Å². The van der Waals surface area contributed by atoms with E-state index in [0.29, 0.717) is 0 Å². The predicted molar refractivity (Wildman–Crippen MR) is 329 cm³/mol. The molecule has 79 heavy (non-hydrogen) atoms. The minimum Gasteiger partial charge on any atom is -0.456 e. The molecule has 4 heteroatoms. The highest BCUT2D eigenvalue weighted by Gasteiger charge is 2.36. The minimum absolute atomic E-state index is 0.222. The largest absolute Gasteiger partial charge is 0.456 e. The van der Waals surface area contributed by atoms with Crippen LogP contribution in [0.25, 0.3) is 127 Å². The maximum Gasteiger partial charge on any atom is 0.136 e. The normalized spacial score (nSPS) is 12.8. The van der Waals surface area contributed by atoms with Gasteiger partial charge in [-0.2, -0.15) is 0 Å². The second-order valence-electron chi connectivity index (χ2n) is 21.5. The van der Waals surface area contributed by atoms with Gasteiger partial charge in [-0.25, -0.2) is 0 Å². The molecule has 0 spiro atoms. The van der Waals surface area contributed by atoms with Gasteiger partial charge in [0.2, 0.25) is 0 Å². The van der Waals surface area contributed by atoms with Gasteiger partial charge in [-0.1, -0.05) is 190 Å². The van der Waals surface area contributed by atoms with Crippen molar-refractivity contribution in [3.8, 4) is 61.3 Å². The van der Waals surface area contributed by atoms with Crippen LogP contribution in [0.1, 0.15) is 25.0 Å². The molecular weight excluding hydrogens is 961 g/mol. The van der Waals surface area contributed by atoms with Crippen LogP contribution in [0.4, 0.5) is 17.1 Å². The zero-order valence-corrected chi connectivity index (χ0v) is 43.6. The molecule has 3 aromatic heterocycles. The van der Waals surface area contributed by atoms with Gasteiger partial charge < -0.3 is 18.3 Å². The van der Waals surface area contributed by atoms with Crippen LogP contribution in [-0.2, 0) is 5.41 Å². The molecule has 3 heterocycles. The fraction of sp³-hybridized carbons (Fsp3) is 0.0400. The smallest absolute Gasteiger partial charge is 0.136 e. The topological polar surface area (TPSA) is 34.5 Å². The van der Waals surface area contributed by atoms with Gasteiger partial charge in [0, 0.05) is 60.4 Å². The molecule has 0 fully saturated rings. The van der Waals surface area contributed by atoms with Crippen LogP contribution in [0.2, 0.25) is 0 Å². The van der Waals surface area contributed by atoms with Crippen molar-refractivity contribution in [2.75, 3.05) is 4.90 Å². The number of hydrogen-bond acceptors (Lipinski definition) is 3. The van der Waals surface area contributed by atoms with E-state index in [1.165, 1.54) is 55.2 Å². The summed E-state index contributed by atoms with van der Waals surface area (Å²) in [5, 5.41) is 7.03. The van der Waals surface area contributed by atoms with Gasteiger partial charge in [-0.05, 0) is 152 Å². The van der Waals surface area contributed by atoms with E-state index in [9.17, 15) is 0 Å². The molecule has 0 saturated carbocycles. The molecule has 4 nitrogen and oxygen atoms in total. The number of anilines is 3. The van der Waals surface area contributed by atoms with Crippen LogP contribution in [-0.4, -0.2) is 4.57 Å². The Morgan fingerprint density at radius 1 is 0.316 bits per heavy atom. The predicted octanol–water partition coefficient (Wildman–Crippen LogP) is 21.0. The third-order valence-corrected chi connectivity index (χ3v) is 16.8. The van der Waals surface area contributed by atoms with Crippen LogP contribution in [0, 0.1) is 0 Å². The lowest BCUT2D eigenvalue weighted by Gasteiger charge is -2.28. The summed E-state index contributed by atoms with van der Waals surface area (Å²) < 4.78 is 15.1. The average molecular weight is 1010 g/mol. The van der Waals surface area contributed by atoms with Gasteiger partial charge in [0.1, 0.15) is 22.3 Å². The molecule has 16 rings (SSSR count). The summed E-state index contributed by atoms with van der Waals surface area (Å²) in [5.41, 5.74) is 24.7. The lowest BCUT2D eigenvalue weighted by atomic mass is 9.81. The fourth-order valence-corrected chi connectivity index (χ4v) is 13.2. The first-order valence-electron chi connectivity index (χ1n) is 27.2.